The third-order valence-corrected chi connectivity index (χ3v) is 3.18. The maximum absolute atomic E-state index is 11.7. The van der Waals surface area contributed by atoms with Gasteiger partial charge in [-0.05, 0) is 45.4 Å². The number of hydrogen-bond donors (Lipinski definition) is 2. The zero-order chi connectivity index (χ0) is 13.1. The summed E-state index contributed by atoms with van der Waals surface area (Å²) in [6.45, 7) is 8.38. The zero-order valence-corrected chi connectivity index (χ0v) is 12.3. The molecule has 1 amide bonds. The van der Waals surface area contributed by atoms with Crippen LogP contribution in [0.3, 0.4) is 0 Å². The van der Waals surface area contributed by atoms with E-state index in [0.29, 0.717) is 6.54 Å². The molecule has 0 aromatic heterocycles. The van der Waals surface area contributed by atoms with Crippen LogP contribution in [-0.2, 0) is 4.79 Å². The van der Waals surface area contributed by atoms with Crippen LogP contribution >= 0.6 is 15.9 Å². The molecule has 0 unspecified atom stereocenters. The fraction of sp³-hybridized carbons (Fsp3) is 0.462. The molecular formula is C13H19BrN2O. The minimum atomic E-state index is -0.0519. The molecule has 1 aromatic carbocycles. The van der Waals surface area contributed by atoms with Crippen molar-refractivity contribution in [2.75, 3.05) is 11.9 Å². The van der Waals surface area contributed by atoms with Gasteiger partial charge < -0.3 is 10.6 Å². The summed E-state index contributed by atoms with van der Waals surface area (Å²) in [5, 5.41) is 6.04. The van der Waals surface area contributed by atoms with E-state index in [1.807, 2.05) is 45.9 Å². The number of carbonyl (C=O) groups excluding carboxylic acids is 1. The van der Waals surface area contributed by atoms with Gasteiger partial charge in [-0.2, -0.15) is 0 Å². The summed E-state index contributed by atoms with van der Waals surface area (Å²) in [4.78, 5) is 11.7. The van der Waals surface area contributed by atoms with E-state index in [1.54, 1.807) is 0 Å². The maximum atomic E-state index is 11.7. The lowest BCUT2D eigenvalue weighted by Crippen LogP contribution is -2.41. The third kappa shape index (κ3) is 4.88. The van der Waals surface area contributed by atoms with Crippen molar-refractivity contribution < 1.29 is 4.79 Å². The molecule has 0 spiro atoms. The molecule has 0 heterocycles. The Morgan fingerprint density at radius 3 is 2.59 bits per heavy atom. The van der Waals surface area contributed by atoms with Gasteiger partial charge in [-0.25, -0.2) is 0 Å². The van der Waals surface area contributed by atoms with Gasteiger partial charge in [0, 0.05) is 15.7 Å². The highest BCUT2D eigenvalue weighted by Gasteiger charge is 2.12. The summed E-state index contributed by atoms with van der Waals surface area (Å²) in [6, 6.07) is 5.76. The first kappa shape index (κ1) is 14.2. The molecule has 0 atom stereocenters. The van der Waals surface area contributed by atoms with Crippen LogP contribution in [0.2, 0.25) is 0 Å². The van der Waals surface area contributed by atoms with E-state index in [1.165, 1.54) is 0 Å². The van der Waals surface area contributed by atoms with Gasteiger partial charge in [0.25, 0.3) is 0 Å². The minimum absolute atomic E-state index is 0.0267. The number of carbonyl (C=O) groups is 1. The van der Waals surface area contributed by atoms with Crippen molar-refractivity contribution in [2.24, 2.45) is 0 Å². The fourth-order valence-corrected chi connectivity index (χ4v) is 1.65. The highest BCUT2D eigenvalue weighted by molar-refractivity contribution is 9.10. The van der Waals surface area contributed by atoms with E-state index in [2.05, 4.69) is 26.6 Å². The Labute approximate surface area is 111 Å². The number of rotatable bonds is 3. The van der Waals surface area contributed by atoms with Crippen LogP contribution in [-0.4, -0.2) is 18.0 Å². The summed E-state index contributed by atoms with van der Waals surface area (Å²) < 4.78 is 0.999. The van der Waals surface area contributed by atoms with Crippen LogP contribution in [0.4, 0.5) is 5.69 Å². The predicted octanol–water partition coefficient (Wildman–Crippen LogP) is 3.08. The Kier molecular flexibility index (Phi) is 4.71. The van der Waals surface area contributed by atoms with Gasteiger partial charge in [-0.3, -0.25) is 4.79 Å². The van der Waals surface area contributed by atoms with Crippen molar-refractivity contribution in [2.45, 2.75) is 33.2 Å². The second-order valence-electron chi connectivity index (χ2n) is 5.06. The monoisotopic (exact) mass is 298 g/mol. The van der Waals surface area contributed by atoms with Crippen molar-refractivity contribution >= 4 is 27.5 Å². The summed E-state index contributed by atoms with van der Waals surface area (Å²) >= 11 is 3.44. The van der Waals surface area contributed by atoms with E-state index in [-0.39, 0.29) is 11.4 Å². The number of halogens is 1. The molecule has 0 aliphatic heterocycles. The number of hydrogen-bond acceptors (Lipinski definition) is 2. The highest BCUT2D eigenvalue weighted by Crippen LogP contribution is 2.23. The standard InChI is InChI=1S/C13H19BrN2O/c1-9-10(14)6-5-7-11(9)16-12(17)8-15-13(2,3)4/h5-7,15H,8H2,1-4H3,(H,16,17). The van der Waals surface area contributed by atoms with Gasteiger partial charge in [0.2, 0.25) is 5.91 Å². The molecule has 0 aliphatic carbocycles. The first-order valence-corrected chi connectivity index (χ1v) is 6.39. The van der Waals surface area contributed by atoms with Gasteiger partial charge >= 0.3 is 0 Å². The smallest absolute Gasteiger partial charge is 0.238 e. The SMILES string of the molecule is Cc1c(Br)cccc1NC(=O)CNC(C)(C)C. The molecule has 94 valence electrons. The van der Waals surface area contributed by atoms with Crippen LogP contribution in [0.25, 0.3) is 0 Å². The quantitative estimate of drug-likeness (QED) is 0.900. The van der Waals surface area contributed by atoms with Gasteiger partial charge in [-0.15, -0.1) is 0 Å². The Balaban J connectivity index is 2.60. The lowest BCUT2D eigenvalue weighted by molar-refractivity contribution is -0.115. The molecular weight excluding hydrogens is 280 g/mol. The molecule has 0 radical (unpaired) electrons. The maximum Gasteiger partial charge on any atom is 0.238 e. The lowest BCUT2D eigenvalue weighted by atomic mass is 10.1. The topological polar surface area (TPSA) is 41.1 Å². The third-order valence-electron chi connectivity index (χ3n) is 2.32. The molecule has 0 fully saturated rings. The van der Waals surface area contributed by atoms with Crippen LogP contribution in [0.5, 0.6) is 0 Å². The first-order valence-electron chi connectivity index (χ1n) is 5.59. The van der Waals surface area contributed by atoms with E-state index in [4.69, 9.17) is 0 Å². The fourth-order valence-electron chi connectivity index (χ4n) is 1.28. The van der Waals surface area contributed by atoms with Crippen molar-refractivity contribution in [3.63, 3.8) is 0 Å². The van der Waals surface area contributed by atoms with Crippen LogP contribution in [0.1, 0.15) is 26.3 Å². The normalized spacial score (nSPS) is 11.4. The Bertz CT molecular complexity index is 410. The average Bonchev–Trinajstić information content (AvgIpc) is 2.21. The van der Waals surface area contributed by atoms with Crippen molar-refractivity contribution in [1.82, 2.24) is 5.32 Å². The summed E-state index contributed by atoms with van der Waals surface area (Å²) in [5.74, 6) is -0.0267. The number of nitrogens with one attached hydrogen (secondary N) is 2. The van der Waals surface area contributed by atoms with Crippen molar-refractivity contribution in [3.8, 4) is 0 Å². The second kappa shape index (κ2) is 5.65. The van der Waals surface area contributed by atoms with Gasteiger partial charge in [0.15, 0.2) is 0 Å². The molecule has 17 heavy (non-hydrogen) atoms. The van der Waals surface area contributed by atoms with E-state index >= 15 is 0 Å². The molecule has 4 heteroatoms. The Morgan fingerprint density at radius 2 is 2.00 bits per heavy atom. The Morgan fingerprint density at radius 1 is 1.35 bits per heavy atom. The Hall–Kier alpha value is -0.870. The van der Waals surface area contributed by atoms with E-state index in [0.717, 1.165) is 15.7 Å². The van der Waals surface area contributed by atoms with Gasteiger partial charge in [-0.1, -0.05) is 22.0 Å². The average molecular weight is 299 g/mol. The largest absolute Gasteiger partial charge is 0.325 e. The van der Waals surface area contributed by atoms with Crippen LogP contribution < -0.4 is 10.6 Å². The molecule has 0 bridgehead atoms. The van der Waals surface area contributed by atoms with E-state index in [9.17, 15) is 4.79 Å². The highest BCUT2D eigenvalue weighted by atomic mass is 79.9. The predicted molar refractivity (Wildman–Crippen MR) is 75.3 cm³/mol. The summed E-state index contributed by atoms with van der Waals surface area (Å²) in [5.41, 5.74) is 1.83. The van der Waals surface area contributed by atoms with Crippen LogP contribution in [0.15, 0.2) is 22.7 Å². The molecule has 0 aliphatic rings. The minimum Gasteiger partial charge on any atom is -0.325 e. The zero-order valence-electron chi connectivity index (χ0n) is 10.7. The number of anilines is 1. The van der Waals surface area contributed by atoms with Crippen molar-refractivity contribution in [3.05, 3.63) is 28.2 Å². The summed E-state index contributed by atoms with van der Waals surface area (Å²) in [7, 11) is 0. The molecule has 0 saturated heterocycles. The van der Waals surface area contributed by atoms with Gasteiger partial charge in [0.05, 0.1) is 6.54 Å². The van der Waals surface area contributed by atoms with Crippen LogP contribution in [0, 0.1) is 6.92 Å². The molecule has 3 nitrogen and oxygen atoms in total. The molecule has 1 rings (SSSR count). The molecule has 1 aromatic rings. The number of benzene rings is 1. The second-order valence-corrected chi connectivity index (χ2v) is 5.92. The lowest BCUT2D eigenvalue weighted by Gasteiger charge is -2.20. The molecule has 0 saturated carbocycles. The van der Waals surface area contributed by atoms with E-state index < -0.39 is 0 Å². The first-order chi connectivity index (χ1) is 7.79. The van der Waals surface area contributed by atoms with Gasteiger partial charge in [0.1, 0.15) is 0 Å². The summed E-state index contributed by atoms with van der Waals surface area (Å²) in [6.07, 6.45) is 0. The number of amides is 1. The molecule has 2 N–H and O–H groups in total. The van der Waals surface area contributed by atoms with Crippen molar-refractivity contribution in [1.29, 1.82) is 0 Å².